The van der Waals surface area contributed by atoms with Gasteiger partial charge >= 0.3 is 5.97 Å². The van der Waals surface area contributed by atoms with Crippen molar-refractivity contribution in [3.63, 3.8) is 0 Å². The summed E-state index contributed by atoms with van der Waals surface area (Å²) in [7, 11) is 0. The fourth-order valence-electron chi connectivity index (χ4n) is 2.19. The van der Waals surface area contributed by atoms with Crippen molar-refractivity contribution < 1.29 is 24.2 Å². The molecular weight excluding hydrogens is 226 g/mol. The third-order valence-corrected chi connectivity index (χ3v) is 3.16. The molecule has 0 aromatic rings. The molecule has 2 rings (SSSR count). The van der Waals surface area contributed by atoms with Crippen LogP contribution in [0.2, 0.25) is 0 Å². The van der Waals surface area contributed by atoms with E-state index in [-0.39, 0.29) is 25.0 Å². The van der Waals surface area contributed by atoms with Crippen LogP contribution < -0.4 is 0 Å². The van der Waals surface area contributed by atoms with Gasteiger partial charge in [0.1, 0.15) is 0 Å². The number of morpholine rings is 1. The molecule has 0 bridgehead atoms. The molecule has 1 N–H and O–H groups in total. The molecule has 0 aliphatic carbocycles. The molecule has 0 aromatic carbocycles. The van der Waals surface area contributed by atoms with Crippen molar-refractivity contribution >= 4 is 11.9 Å². The molecule has 2 atom stereocenters. The summed E-state index contributed by atoms with van der Waals surface area (Å²) in [5, 5.41) is 8.86. The molecule has 17 heavy (non-hydrogen) atoms. The molecule has 2 saturated heterocycles. The molecule has 6 heteroatoms. The highest BCUT2D eigenvalue weighted by Gasteiger charge is 2.33. The topological polar surface area (TPSA) is 76.1 Å². The smallest absolute Gasteiger partial charge is 0.334 e. The molecule has 2 aliphatic heterocycles. The fourth-order valence-corrected chi connectivity index (χ4v) is 2.19. The zero-order valence-electron chi connectivity index (χ0n) is 9.63. The number of amides is 1. The zero-order valence-corrected chi connectivity index (χ0v) is 9.63. The van der Waals surface area contributed by atoms with E-state index < -0.39 is 12.1 Å². The van der Waals surface area contributed by atoms with E-state index in [9.17, 15) is 9.59 Å². The van der Waals surface area contributed by atoms with Crippen LogP contribution in [0.15, 0.2) is 0 Å². The van der Waals surface area contributed by atoms with Crippen LogP contribution in [0.1, 0.15) is 12.8 Å². The van der Waals surface area contributed by atoms with Crippen LogP contribution in [0, 0.1) is 5.92 Å². The molecule has 96 valence electrons. The minimum Gasteiger partial charge on any atom is -0.479 e. The Morgan fingerprint density at radius 3 is 2.76 bits per heavy atom. The number of ether oxygens (including phenoxy) is 2. The first kappa shape index (κ1) is 12.3. The molecule has 0 radical (unpaired) electrons. The highest BCUT2D eigenvalue weighted by Crippen LogP contribution is 2.18. The van der Waals surface area contributed by atoms with Crippen molar-refractivity contribution in [2.45, 2.75) is 18.9 Å². The summed E-state index contributed by atoms with van der Waals surface area (Å²) < 4.78 is 10.4. The Hall–Kier alpha value is -1.14. The van der Waals surface area contributed by atoms with Crippen molar-refractivity contribution in [3.8, 4) is 0 Å². The van der Waals surface area contributed by atoms with E-state index in [1.54, 1.807) is 4.90 Å². The van der Waals surface area contributed by atoms with Gasteiger partial charge in [-0.05, 0) is 12.8 Å². The van der Waals surface area contributed by atoms with Crippen molar-refractivity contribution in [3.05, 3.63) is 0 Å². The van der Waals surface area contributed by atoms with E-state index in [4.69, 9.17) is 14.6 Å². The molecule has 1 amide bonds. The number of hydrogen-bond donors (Lipinski definition) is 1. The Morgan fingerprint density at radius 1 is 1.29 bits per heavy atom. The molecule has 6 nitrogen and oxygen atoms in total. The second-order valence-electron chi connectivity index (χ2n) is 4.40. The lowest BCUT2D eigenvalue weighted by molar-refractivity contribution is -0.161. The quantitative estimate of drug-likeness (QED) is 0.722. The van der Waals surface area contributed by atoms with Gasteiger partial charge in [0.15, 0.2) is 6.10 Å². The SMILES string of the molecule is O=C(O)[C@@H]1CN(C(=O)[C@@H]2CCCOC2)CCO1. The van der Waals surface area contributed by atoms with E-state index >= 15 is 0 Å². The second-order valence-corrected chi connectivity index (χ2v) is 4.40. The van der Waals surface area contributed by atoms with E-state index in [0.717, 1.165) is 12.8 Å². The van der Waals surface area contributed by atoms with Crippen LogP contribution in [0.25, 0.3) is 0 Å². The molecule has 2 fully saturated rings. The zero-order chi connectivity index (χ0) is 12.3. The summed E-state index contributed by atoms with van der Waals surface area (Å²) in [6.07, 6.45) is 0.828. The normalized spacial score (nSPS) is 30.0. The molecule has 2 heterocycles. The van der Waals surface area contributed by atoms with Crippen LogP contribution in [0.5, 0.6) is 0 Å². The van der Waals surface area contributed by atoms with Crippen molar-refractivity contribution in [2.75, 3.05) is 32.9 Å². The standard InChI is InChI=1S/C11H17NO5/c13-10(8-2-1-4-16-7-8)12-3-5-17-9(6-12)11(14)15/h8-9H,1-7H2,(H,14,15)/t8-,9+/m1/s1. The Bertz CT molecular complexity index is 300. The van der Waals surface area contributed by atoms with Gasteiger partial charge < -0.3 is 19.5 Å². The highest BCUT2D eigenvalue weighted by molar-refractivity contribution is 5.80. The van der Waals surface area contributed by atoms with Crippen LogP contribution >= 0.6 is 0 Å². The molecule has 0 aromatic heterocycles. The van der Waals surface area contributed by atoms with Gasteiger partial charge in [-0.15, -0.1) is 0 Å². The van der Waals surface area contributed by atoms with E-state index in [1.165, 1.54) is 0 Å². The number of hydrogen-bond acceptors (Lipinski definition) is 4. The monoisotopic (exact) mass is 243 g/mol. The van der Waals surface area contributed by atoms with Crippen LogP contribution in [-0.4, -0.2) is 60.9 Å². The maximum Gasteiger partial charge on any atom is 0.334 e. The predicted molar refractivity (Wildman–Crippen MR) is 57.5 cm³/mol. The van der Waals surface area contributed by atoms with E-state index in [0.29, 0.717) is 19.8 Å². The van der Waals surface area contributed by atoms with Gasteiger partial charge in [-0.1, -0.05) is 0 Å². The number of carboxylic acid groups (broad SMARTS) is 1. The largest absolute Gasteiger partial charge is 0.479 e. The number of rotatable bonds is 2. The Morgan fingerprint density at radius 2 is 2.12 bits per heavy atom. The minimum absolute atomic E-state index is 0.000694. The lowest BCUT2D eigenvalue weighted by Crippen LogP contribution is -2.51. The van der Waals surface area contributed by atoms with Crippen LogP contribution in [0.3, 0.4) is 0 Å². The molecule has 0 unspecified atom stereocenters. The molecule has 0 spiro atoms. The third-order valence-electron chi connectivity index (χ3n) is 3.16. The lowest BCUT2D eigenvalue weighted by atomic mass is 10.0. The Kier molecular flexibility index (Phi) is 3.96. The number of carbonyl (C=O) groups is 2. The Labute approximate surface area is 99.5 Å². The summed E-state index contributed by atoms with van der Waals surface area (Å²) >= 11 is 0. The summed E-state index contributed by atoms with van der Waals surface area (Å²) in [6.45, 7) is 2.07. The van der Waals surface area contributed by atoms with Gasteiger partial charge in [0.2, 0.25) is 5.91 Å². The van der Waals surface area contributed by atoms with Gasteiger partial charge in [-0.3, -0.25) is 4.79 Å². The van der Waals surface area contributed by atoms with Gasteiger partial charge in [0.05, 0.1) is 25.7 Å². The summed E-state index contributed by atoms with van der Waals surface area (Å²) in [5.41, 5.74) is 0. The fraction of sp³-hybridized carbons (Fsp3) is 0.818. The van der Waals surface area contributed by atoms with Crippen molar-refractivity contribution in [2.24, 2.45) is 5.92 Å². The summed E-state index contributed by atoms with van der Waals surface area (Å²) in [5.74, 6) is -1.13. The minimum atomic E-state index is -1.01. The van der Waals surface area contributed by atoms with Gasteiger partial charge in [-0.2, -0.15) is 0 Å². The highest BCUT2D eigenvalue weighted by atomic mass is 16.5. The van der Waals surface area contributed by atoms with Gasteiger partial charge in [0.25, 0.3) is 0 Å². The van der Waals surface area contributed by atoms with Crippen molar-refractivity contribution in [1.29, 1.82) is 0 Å². The van der Waals surface area contributed by atoms with Gasteiger partial charge in [0, 0.05) is 13.2 Å². The van der Waals surface area contributed by atoms with Crippen LogP contribution in [0.4, 0.5) is 0 Å². The average Bonchev–Trinajstić information content (AvgIpc) is 2.39. The second kappa shape index (κ2) is 5.46. The maximum absolute atomic E-state index is 12.1. The van der Waals surface area contributed by atoms with Crippen LogP contribution in [-0.2, 0) is 19.1 Å². The molecular formula is C11H17NO5. The first-order chi connectivity index (χ1) is 8.18. The van der Waals surface area contributed by atoms with Gasteiger partial charge in [-0.25, -0.2) is 4.79 Å². The summed E-state index contributed by atoms with van der Waals surface area (Å²) in [6, 6.07) is 0. The van der Waals surface area contributed by atoms with E-state index in [1.807, 2.05) is 0 Å². The predicted octanol–water partition coefficient (Wildman–Crippen LogP) is -0.275. The third kappa shape index (κ3) is 2.95. The number of aliphatic carboxylic acids is 1. The number of carboxylic acids is 1. The molecule has 2 aliphatic rings. The van der Waals surface area contributed by atoms with Crippen molar-refractivity contribution in [1.82, 2.24) is 4.90 Å². The maximum atomic E-state index is 12.1. The lowest BCUT2D eigenvalue weighted by Gasteiger charge is -2.34. The summed E-state index contributed by atoms with van der Waals surface area (Å²) in [4.78, 5) is 24.5. The molecule has 0 saturated carbocycles. The Balaban J connectivity index is 1.91. The number of nitrogens with zero attached hydrogens (tertiary/aromatic N) is 1. The average molecular weight is 243 g/mol. The first-order valence-electron chi connectivity index (χ1n) is 5.89. The number of carbonyl (C=O) groups excluding carboxylic acids is 1. The van der Waals surface area contributed by atoms with E-state index in [2.05, 4.69) is 0 Å². The first-order valence-corrected chi connectivity index (χ1v) is 5.89.